The van der Waals surface area contributed by atoms with Crippen LogP contribution >= 0.6 is 0 Å². The van der Waals surface area contributed by atoms with Crippen molar-refractivity contribution in [3.63, 3.8) is 0 Å². The molecule has 0 unspecified atom stereocenters. The van der Waals surface area contributed by atoms with Gasteiger partial charge in [0.05, 0.1) is 6.10 Å². The van der Waals surface area contributed by atoms with E-state index < -0.39 is 0 Å². The summed E-state index contributed by atoms with van der Waals surface area (Å²) < 4.78 is 22.3. The third-order valence-electron chi connectivity index (χ3n) is 4.36. The van der Waals surface area contributed by atoms with E-state index in [0.29, 0.717) is 12.1 Å². The van der Waals surface area contributed by atoms with Crippen molar-refractivity contribution < 1.29 is 18.6 Å². The van der Waals surface area contributed by atoms with Crippen molar-refractivity contribution in [2.45, 2.75) is 51.3 Å². The van der Waals surface area contributed by atoms with E-state index in [1.54, 1.807) is 6.26 Å². The molecule has 1 aromatic heterocycles. The Kier molecular flexibility index (Phi) is 3.61. The molecule has 0 N–H and O–H groups in total. The topological polar surface area (TPSA) is 57.0 Å². The maximum absolute atomic E-state index is 5.96. The van der Waals surface area contributed by atoms with E-state index in [1.807, 2.05) is 6.92 Å². The molecule has 0 amide bonds. The monoisotopic (exact) mass is 294 g/mol. The molecule has 6 heteroatoms. The van der Waals surface area contributed by atoms with Crippen LogP contribution in [0.4, 0.5) is 6.01 Å². The number of hydrogen-bond donors (Lipinski definition) is 0. The number of hydrogen-bond acceptors (Lipinski definition) is 6. The Morgan fingerprint density at radius 3 is 2.67 bits per heavy atom. The normalized spacial score (nSPS) is 30.4. The molecule has 3 fully saturated rings. The third-order valence-corrected chi connectivity index (χ3v) is 4.36. The standard InChI is InChI=1S/C15H22N2O4/c1-10-20-14(21-10)13-9-19-15(16-13)17-6-4-12(5-7-17)18-8-11-2-3-11/h9-12,14H,2-8H2,1H3. The van der Waals surface area contributed by atoms with Crippen molar-refractivity contribution >= 4 is 6.01 Å². The predicted octanol–water partition coefficient (Wildman–Crippen LogP) is 2.46. The van der Waals surface area contributed by atoms with E-state index in [4.69, 9.17) is 18.6 Å². The number of nitrogens with zero attached hydrogens (tertiary/aromatic N) is 2. The van der Waals surface area contributed by atoms with E-state index >= 15 is 0 Å². The van der Waals surface area contributed by atoms with Gasteiger partial charge in [-0.3, -0.25) is 0 Å². The van der Waals surface area contributed by atoms with Crippen LogP contribution in [0.25, 0.3) is 0 Å². The van der Waals surface area contributed by atoms with E-state index in [0.717, 1.165) is 44.1 Å². The molecular weight excluding hydrogens is 272 g/mol. The first-order valence-electron chi connectivity index (χ1n) is 7.91. The summed E-state index contributed by atoms with van der Waals surface area (Å²) in [6.45, 7) is 4.67. The Labute approximate surface area is 124 Å². The van der Waals surface area contributed by atoms with E-state index in [2.05, 4.69) is 9.88 Å². The summed E-state index contributed by atoms with van der Waals surface area (Å²) in [5, 5.41) is 0. The average Bonchev–Trinajstić information content (AvgIpc) is 3.18. The average molecular weight is 294 g/mol. The number of ether oxygens (including phenoxy) is 3. The van der Waals surface area contributed by atoms with Gasteiger partial charge in [-0.15, -0.1) is 0 Å². The van der Waals surface area contributed by atoms with Gasteiger partial charge >= 0.3 is 0 Å². The molecule has 6 nitrogen and oxygen atoms in total. The number of anilines is 1. The van der Waals surface area contributed by atoms with Crippen LogP contribution in [-0.2, 0) is 14.2 Å². The van der Waals surface area contributed by atoms with Crippen molar-refractivity contribution in [3.8, 4) is 0 Å². The first-order valence-corrected chi connectivity index (χ1v) is 7.91. The maximum atomic E-state index is 5.96. The van der Waals surface area contributed by atoms with E-state index in [1.165, 1.54) is 12.8 Å². The lowest BCUT2D eigenvalue weighted by Gasteiger charge is -2.32. The fourth-order valence-corrected chi connectivity index (χ4v) is 2.80. The van der Waals surface area contributed by atoms with Crippen LogP contribution in [-0.4, -0.2) is 37.1 Å². The molecule has 116 valence electrons. The number of rotatable bonds is 5. The van der Waals surface area contributed by atoms with Crippen LogP contribution in [0.15, 0.2) is 10.7 Å². The highest BCUT2D eigenvalue weighted by atomic mass is 16.9. The molecule has 1 aromatic rings. The predicted molar refractivity (Wildman–Crippen MR) is 74.8 cm³/mol. The van der Waals surface area contributed by atoms with Gasteiger partial charge in [-0.1, -0.05) is 0 Å². The lowest BCUT2D eigenvalue weighted by atomic mass is 10.1. The number of oxazole rings is 1. The molecule has 4 rings (SSSR count). The number of aromatic nitrogens is 1. The highest BCUT2D eigenvalue weighted by molar-refractivity contribution is 5.28. The summed E-state index contributed by atoms with van der Waals surface area (Å²) in [7, 11) is 0. The molecule has 0 aromatic carbocycles. The first kappa shape index (κ1) is 13.5. The zero-order valence-corrected chi connectivity index (χ0v) is 12.4. The minimum absolute atomic E-state index is 0.144. The zero-order valence-electron chi connectivity index (χ0n) is 12.4. The van der Waals surface area contributed by atoms with Crippen molar-refractivity contribution in [2.75, 3.05) is 24.6 Å². The molecule has 0 spiro atoms. The molecule has 0 atom stereocenters. The maximum Gasteiger partial charge on any atom is 0.297 e. The first-order chi connectivity index (χ1) is 10.3. The Morgan fingerprint density at radius 2 is 2.00 bits per heavy atom. The highest BCUT2D eigenvalue weighted by Gasteiger charge is 2.32. The van der Waals surface area contributed by atoms with Gasteiger partial charge < -0.3 is 23.5 Å². The van der Waals surface area contributed by atoms with Crippen LogP contribution < -0.4 is 4.90 Å². The smallest absolute Gasteiger partial charge is 0.297 e. The molecule has 3 heterocycles. The Hall–Kier alpha value is -1.11. The Balaban J connectivity index is 1.27. The van der Waals surface area contributed by atoms with E-state index in [9.17, 15) is 0 Å². The molecule has 0 radical (unpaired) electrons. The summed E-state index contributed by atoms with van der Waals surface area (Å²) >= 11 is 0. The molecule has 1 aliphatic carbocycles. The van der Waals surface area contributed by atoms with Gasteiger partial charge in [-0.25, -0.2) is 0 Å². The van der Waals surface area contributed by atoms with Crippen LogP contribution in [0.2, 0.25) is 0 Å². The number of piperidine rings is 1. The van der Waals surface area contributed by atoms with Crippen LogP contribution in [0.5, 0.6) is 0 Å². The molecule has 21 heavy (non-hydrogen) atoms. The summed E-state index contributed by atoms with van der Waals surface area (Å²) in [4.78, 5) is 6.64. The van der Waals surface area contributed by atoms with Gasteiger partial charge in [0.2, 0.25) is 6.29 Å². The molecular formula is C15H22N2O4. The van der Waals surface area contributed by atoms with Crippen molar-refractivity contribution in [1.82, 2.24) is 4.98 Å². The largest absolute Gasteiger partial charge is 0.432 e. The van der Waals surface area contributed by atoms with Gasteiger partial charge in [-0.2, -0.15) is 4.98 Å². The summed E-state index contributed by atoms with van der Waals surface area (Å²) in [5.74, 6) is 0.835. The van der Waals surface area contributed by atoms with Gasteiger partial charge in [0.25, 0.3) is 6.01 Å². The van der Waals surface area contributed by atoms with Gasteiger partial charge in [-0.05, 0) is 38.5 Å². The van der Waals surface area contributed by atoms with E-state index in [-0.39, 0.29) is 12.6 Å². The van der Waals surface area contributed by atoms with Gasteiger partial charge in [0.15, 0.2) is 6.29 Å². The van der Waals surface area contributed by atoms with Gasteiger partial charge in [0, 0.05) is 19.7 Å². The summed E-state index contributed by atoms with van der Waals surface area (Å²) in [5.41, 5.74) is 0.718. The van der Waals surface area contributed by atoms with Crippen LogP contribution in [0.1, 0.15) is 44.6 Å². The third kappa shape index (κ3) is 3.07. The molecule has 3 aliphatic rings. The summed E-state index contributed by atoms with van der Waals surface area (Å²) in [6, 6.07) is 0.664. The minimum atomic E-state index is -0.364. The molecule has 0 bridgehead atoms. The highest BCUT2D eigenvalue weighted by Crippen LogP contribution is 2.33. The molecule has 2 aliphatic heterocycles. The van der Waals surface area contributed by atoms with Gasteiger partial charge in [0.1, 0.15) is 12.0 Å². The second-order valence-electron chi connectivity index (χ2n) is 6.19. The van der Waals surface area contributed by atoms with Crippen molar-refractivity contribution in [3.05, 3.63) is 12.0 Å². The fraction of sp³-hybridized carbons (Fsp3) is 0.800. The quantitative estimate of drug-likeness (QED) is 0.831. The minimum Gasteiger partial charge on any atom is -0.432 e. The van der Waals surface area contributed by atoms with Crippen LogP contribution in [0.3, 0.4) is 0 Å². The van der Waals surface area contributed by atoms with Crippen molar-refractivity contribution in [1.29, 1.82) is 0 Å². The lowest BCUT2D eigenvalue weighted by molar-refractivity contribution is -0.383. The second-order valence-corrected chi connectivity index (χ2v) is 6.19. The molecule has 2 saturated heterocycles. The lowest BCUT2D eigenvalue weighted by Crippen LogP contribution is -2.37. The zero-order chi connectivity index (χ0) is 14.2. The van der Waals surface area contributed by atoms with Crippen LogP contribution in [0, 0.1) is 5.92 Å². The Bertz CT molecular complexity index is 474. The second kappa shape index (κ2) is 5.59. The fourth-order valence-electron chi connectivity index (χ4n) is 2.80. The van der Waals surface area contributed by atoms with Crippen molar-refractivity contribution in [2.24, 2.45) is 5.92 Å². The Morgan fingerprint density at radius 1 is 1.24 bits per heavy atom. The molecule has 1 saturated carbocycles. The summed E-state index contributed by atoms with van der Waals surface area (Å²) in [6.07, 6.45) is 6.29. The SMILES string of the molecule is CC1OC(c2coc(N3CCC(OCC4CC4)CC3)n2)O1.